The van der Waals surface area contributed by atoms with Crippen LogP contribution in [-0.2, 0) is 0 Å². The SMILES string of the molecule is COc1ccc(F)cc1C(NN)c1cncc(C)c1. The molecule has 1 heterocycles. The fourth-order valence-corrected chi connectivity index (χ4v) is 2.03. The molecule has 0 spiro atoms. The van der Waals surface area contributed by atoms with Crippen molar-refractivity contribution in [2.24, 2.45) is 5.84 Å². The summed E-state index contributed by atoms with van der Waals surface area (Å²) in [5.41, 5.74) is 5.17. The molecule has 0 aliphatic rings. The van der Waals surface area contributed by atoms with Crippen LogP contribution < -0.4 is 16.0 Å². The molecule has 3 N–H and O–H groups in total. The Kier molecular flexibility index (Phi) is 4.09. The van der Waals surface area contributed by atoms with Crippen molar-refractivity contribution in [2.45, 2.75) is 13.0 Å². The number of hydrazine groups is 1. The lowest BCUT2D eigenvalue weighted by atomic mass is 9.99. The van der Waals surface area contributed by atoms with Gasteiger partial charge in [0.05, 0.1) is 13.2 Å². The van der Waals surface area contributed by atoms with Crippen LogP contribution in [0.15, 0.2) is 36.7 Å². The van der Waals surface area contributed by atoms with Gasteiger partial charge in [0, 0.05) is 18.0 Å². The molecule has 0 aliphatic carbocycles. The first-order chi connectivity index (χ1) is 9.15. The summed E-state index contributed by atoms with van der Waals surface area (Å²) in [5.74, 6) is 5.84. The molecule has 0 bridgehead atoms. The Morgan fingerprint density at radius 2 is 2.11 bits per heavy atom. The maximum atomic E-state index is 13.4. The molecule has 0 saturated heterocycles. The predicted octanol–water partition coefficient (Wildman–Crippen LogP) is 2.09. The molecule has 1 unspecified atom stereocenters. The van der Waals surface area contributed by atoms with Gasteiger partial charge in [-0.2, -0.15) is 0 Å². The molecule has 100 valence electrons. The number of hydrogen-bond acceptors (Lipinski definition) is 4. The molecule has 5 heteroatoms. The van der Waals surface area contributed by atoms with Gasteiger partial charge in [0.2, 0.25) is 0 Å². The molecule has 1 atom stereocenters. The minimum Gasteiger partial charge on any atom is -0.496 e. The lowest BCUT2D eigenvalue weighted by Gasteiger charge is -2.19. The van der Waals surface area contributed by atoms with E-state index < -0.39 is 0 Å². The van der Waals surface area contributed by atoms with Crippen molar-refractivity contribution in [3.63, 3.8) is 0 Å². The van der Waals surface area contributed by atoms with E-state index in [0.29, 0.717) is 11.3 Å². The molecular weight excluding hydrogens is 245 g/mol. The Morgan fingerprint density at radius 3 is 2.74 bits per heavy atom. The molecule has 1 aromatic carbocycles. The second kappa shape index (κ2) is 5.77. The Bertz CT molecular complexity index is 574. The molecule has 0 fully saturated rings. The van der Waals surface area contributed by atoms with Gasteiger partial charge in [-0.1, -0.05) is 6.07 Å². The zero-order chi connectivity index (χ0) is 13.8. The summed E-state index contributed by atoms with van der Waals surface area (Å²) in [5, 5.41) is 0. The third-order valence-corrected chi connectivity index (χ3v) is 2.90. The van der Waals surface area contributed by atoms with Crippen LogP contribution in [-0.4, -0.2) is 12.1 Å². The number of nitrogens with one attached hydrogen (secondary N) is 1. The second-order valence-electron chi connectivity index (χ2n) is 4.28. The van der Waals surface area contributed by atoms with Crippen LogP contribution >= 0.6 is 0 Å². The number of aromatic nitrogens is 1. The summed E-state index contributed by atoms with van der Waals surface area (Å²) >= 11 is 0. The van der Waals surface area contributed by atoms with Gasteiger partial charge in [0.1, 0.15) is 11.6 Å². The molecule has 2 rings (SSSR count). The smallest absolute Gasteiger partial charge is 0.124 e. The highest BCUT2D eigenvalue weighted by molar-refractivity contribution is 5.41. The molecular formula is C14H16FN3O. The lowest BCUT2D eigenvalue weighted by molar-refractivity contribution is 0.402. The molecule has 0 amide bonds. The Balaban J connectivity index is 2.50. The fraction of sp³-hybridized carbons (Fsp3) is 0.214. The average molecular weight is 261 g/mol. The molecule has 2 aromatic rings. The van der Waals surface area contributed by atoms with E-state index in [2.05, 4.69) is 10.4 Å². The summed E-state index contributed by atoms with van der Waals surface area (Å²) in [7, 11) is 1.54. The Labute approximate surface area is 111 Å². The summed E-state index contributed by atoms with van der Waals surface area (Å²) in [6, 6.07) is 5.91. The van der Waals surface area contributed by atoms with Gasteiger partial charge < -0.3 is 4.74 Å². The second-order valence-corrected chi connectivity index (χ2v) is 4.28. The molecule has 0 aliphatic heterocycles. The summed E-state index contributed by atoms with van der Waals surface area (Å²) < 4.78 is 18.7. The van der Waals surface area contributed by atoms with E-state index in [1.54, 1.807) is 25.6 Å². The largest absolute Gasteiger partial charge is 0.496 e. The van der Waals surface area contributed by atoms with E-state index in [1.165, 1.54) is 12.1 Å². The van der Waals surface area contributed by atoms with Gasteiger partial charge in [-0.05, 0) is 36.2 Å². The van der Waals surface area contributed by atoms with Crippen LogP contribution in [0.25, 0.3) is 0 Å². The van der Waals surface area contributed by atoms with Crippen LogP contribution in [0.3, 0.4) is 0 Å². The number of methoxy groups -OCH3 is 1. The number of nitrogens with zero attached hydrogens (tertiary/aromatic N) is 1. The minimum atomic E-state index is -0.377. The fourth-order valence-electron chi connectivity index (χ4n) is 2.03. The van der Waals surface area contributed by atoms with Crippen molar-refractivity contribution in [3.05, 3.63) is 59.2 Å². The van der Waals surface area contributed by atoms with E-state index in [9.17, 15) is 4.39 Å². The van der Waals surface area contributed by atoms with Gasteiger partial charge in [0.25, 0.3) is 0 Å². The maximum absolute atomic E-state index is 13.4. The number of nitrogens with two attached hydrogens (primary N) is 1. The normalized spacial score (nSPS) is 12.2. The monoisotopic (exact) mass is 261 g/mol. The van der Waals surface area contributed by atoms with Crippen LogP contribution in [0, 0.1) is 12.7 Å². The predicted molar refractivity (Wildman–Crippen MR) is 71.1 cm³/mol. The molecule has 4 nitrogen and oxygen atoms in total. The third kappa shape index (κ3) is 2.89. The highest BCUT2D eigenvalue weighted by Crippen LogP contribution is 2.30. The van der Waals surface area contributed by atoms with E-state index in [4.69, 9.17) is 10.6 Å². The standard InChI is InChI=1S/C14H16FN3O/c1-9-5-10(8-17-7-9)14(18-16)12-6-11(15)3-4-13(12)19-2/h3-8,14,18H,16H2,1-2H3. The van der Waals surface area contributed by atoms with Crippen LogP contribution in [0.2, 0.25) is 0 Å². The molecule has 19 heavy (non-hydrogen) atoms. The molecule has 0 radical (unpaired) electrons. The van der Waals surface area contributed by atoms with Crippen molar-refractivity contribution < 1.29 is 9.13 Å². The Hall–Kier alpha value is -1.98. The lowest BCUT2D eigenvalue weighted by Crippen LogP contribution is -2.29. The summed E-state index contributed by atoms with van der Waals surface area (Å²) in [6.07, 6.45) is 3.45. The van der Waals surface area contributed by atoms with Crippen molar-refractivity contribution in [3.8, 4) is 5.75 Å². The maximum Gasteiger partial charge on any atom is 0.124 e. The molecule has 1 aromatic heterocycles. The zero-order valence-corrected chi connectivity index (χ0v) is 10.9. The van der Waals surface area contributed by atoms with E-state index >= 15 is 0 Å². The van der Waals surface area contributed by atoms with Gasteiger partial charge in [-0.25, -0.2) is 9.82 Å². The van der Waals surface area contributed by atoms with Crippen molar-refractivity contribution in [1.29, 1.82) is 0 Å². The summed E-state index contributed by atoms with van der Waals surface area (Å²) in [4.78, 5) is 4.13. The highest BCUT2D eigenvalue weighted by Gasteiger charge is 2.18. The first kappa shape index (κ1) is 13.5. The number of aryl methyl sites for hydroxylation is 1. The number of ether oxygens (including phenoxy) is 1. The van der Waals surface area contributed by atoms with Gasteiger partial charge in [0.15, 0.2) is 0 Å². The average Bonchev–Trinajstić information content (AvgIpc) is 2.40. The van der Waals surface area contributed by atoms with E-state index in [1.807, 2.05) is 13.0 Å². The van der Waals surface area contributed by atoms with Crippen molar-refractivity contribution >= 4 is 0 Å². The van der Waals surface area contributed by atoms with Crippen molar-refractivity contribution in [2.75, 3.05) is 7.11 Å². The number of halogens is 1. The quantitative estimate of drug-likeness (QED) is 0.653. The van der Waals surface area contributed by atoms with E-state index in [0.717, 1.165) is 11.1 Å². The minimum absolute atomic E-state index is 0.336. The number of pyridine rings is 1. The van der Waals surface area contributed by atoms with Gasteiger partial charge >= 0.3 is 0 Å². The van der Waals surface area contributed by atoms with Gasteiger partial charge in [-0.15, -0.1) is 0 Å². The zero-order valence-electron chi connectivity index (χ0n) is 10.9. The summed E-state index contributed by atoms with van der Waals surface area (Å²) in [6.45, 7) is 1.94. The van der Waals surface area contributed by atoms with E-state index in [-0.39, 0.29) is 11.9 Å². The number of hydrogen-bond donors (Lipinski definition) is 2. The first-order valence-corrected chi connectivity index (χ1v) is 5.87. The third-order valence-electron chi connectivity index (χ3n) is 2.90. The van der Waals surface area contributed by atoms with Crippen LogP contribution in [0.4, 0.5) is 4.39 Å². The highest BCUT2D eigenvalue weighted by atomic mass is 19.1. The first-order valence-electron chi connectivity index (χ1n) is 5.87. The topological polar surface area (TPSA) is 60.2 Å². The Morgan fingerprint density at radius 1 is 1.32 bits per heavy atom. The molecule has 0 saturated carbocycles. The van der Waals surface area contributed by atoms with Crippen LogP contribution in [0.5, 0.6) is 5.75 Å². The van der Waals surface area contributed by atoms with Crippen LogP contribution in [0.1, 0.15) is 22.7 Å². The van der Waals surface area contributed by atoms with Crippen molar-refractivity contribution in [1.82, 2.24) is 10.4 Å². The number of benzene rings is 1. The number of rotatable bonds is 4. The van der Waals surface area contributed by atoms with Gasteiger partial charge in [-0.3, -0.25) is 10.8 Å².